The van der Waals surface area contributed by atoms with Gasteiger partial charge in [-0.15, -0.1) is 0 Å². The fourth-order valence-electron chi connectivity index (χ4n) is 2.78. The highest BCUT2D eigenvalue weighted by molar-refractivity contribution is 5.67. The Hall–Kier alpha value is -1.64. The van der Waals surface area contributed by atoms with E-state index in [0.717, 1.165) is 37.7 Å². The van der Waals surface area contributed by atoms with E-state index in [1.807, 2.05) is 6.08 Å². The number of ether oxygens (including phenoxy) is 1. The van der Waals surface area contributed by atoms with E-state index in [2.05, 4.69) is 19.1 Å². The van der Waals surface area contributed by atoms with Crippen LogP contribution in [0.4, 0.5) is 8.78 Å². The van der Waals surface area contributed by atoms with Crippen molar-refractivity contribution in [3.63, 3.8) is 0 Å². The van der Waals surface area contributed by atoms with Crippen LogP contribution in [-0.4, -0.2) is 6.61 Å². The molecule has 0 bridgehead atoms. The van der Waals surface area contributed by atoms with Crippen molar-refractivity contribution in [3.05, 3.63) is 47.6 Å². The lowest BCUT2D eigenvalue weighted by molar-refractivity contribution is 0.314. The number of hydrogen-bond acceptors (Lipinski definition) is 1. The summed E-state index contributed by atoms with van der Waals surface area (Å²) in [6.07, 6.45) is 11.4. The number of benzene rings is 1. The van der Waals surface area contributed by atoms with Crippen LogP contribution in [-0.2, 0) is 0 Å². The van der Waals surface area contributed by atoms with Gasteiger partial charge < -0.3 is 4.74 Å². The first-order chi connectivity index (χ1) is 10.7. The van der Waals surface area contributed by atoms with E-state index < -0.39 is 11.6 Å². The molecule has 0 heterocycles. The fourth-order valence-corrected chi connectivity index (χ4v) is 2.78. The second-order valence-corrected chi connectivity index (χ2v) is 5.65. The predicted octanol–water partition coefficient (Wildman–Crippen LogP) is 5.90. The van der Waals surface area contributed by atoms with E-state index in [-0.39, 0.29) is 5.75 Å². The van der Waals surface area contributed by atoms with Gasteiger partial charge in [0.15, 0.2) is 11.6 Å². The van der Waals surface area contributed by atoms with Crippen molar-refractivity contribution >= 4 is 5.57 Å². The quantitative estimate of drug-likeness (QED) is 0.594. The highest BCUT2D eigenvalue weighted by Gasteiger charge is 2.20. The van der Waals surface area contributed by atoms with Crippen LogP contribution < -0.4 is 4.74 Å². The van der Waals surface area contributed by atoms with Gasteiger partial charge in [0, 0.05) is 5.56 Å². The molecule has 1 aliphatic rings. The molecule has 0 aromatic heterocycles. The Bertz CT molecular complexity index is 561. The Morgan fingerprint density at radius 1 is 1.23 bits per heavy atom. The zero-order valence-electron chi connectivity index (χ0n) is 13.4. The zero-order valence-corrected chi connectivity index (χ0v) is 13.4. The van der Waals surface area contributed by atoms with Gasteiger partial charge in [0.2, 0.25) is 5.82 Å². The van der Waals surface area contributed by atoms with E-state index in [0.29, 0.717) is 18.1 Å². The molecule has 120 valence electrons. The molecule has 0 aliphatic heterocycles. The van der Waals surface area contributed by atoms with Crippen LogP contribution in [0.1, 0.15) is 51.5 Å². The molecule has 1 aromatic carbocycles. The summed E-state index contributed by atoms with van der Waals surface area (Å²) in [7, 11) is 0. The van der Waals surface area contributed by atoms with Crippen molar-refractivity contribution in [1.82, 2.24) is 0 Å². The lowest BCUT2D eigenvalue weighted by atomic mass is 9.86. The van der Waals surface area contributed by atoms with Crippen LogP contribution in [0.15, 0.2) is 30.4 Å². The van der Waals surface area contributed by atoms with Crippen LogP contribution in [0.3, 0.4) is 0 Å². The number of halogens is 2. The molecular weight excluding hydrogens is 282 g/mol. The summed E-state index contributed by atoms with van der Waals surface area (Å²) in [5.74, 6) is -1.17. The Balaban J connectivity index is 2.11. The van der Waals surface area contributed by atoms with Gasteiger partial charge in [-0.1, -0.05) is 31.6 Å². The van der Waals surface area contributed by atoms with Gasteiger partial charge in [-0.3, -0.25) is 0 Å². The van der Waals surface area contributed by atoms with E-state index >= 15 is 0 Å². The molecule has 0 N–H and O–H groups in total. The first kappa shape index (κ1) is 16.7. The van der Waals surface area contributed by atoms with Crippen LogP contribution >= 0.6 is 0 Å². The number of unbranched alkanes of at least 4 members (excludes halogenated alkanes) is 1. The summed E-state index contributed by atoms with van der Waals surface area (Å²) in [6, 6.07) is 3.15. The second kappa shape index (κ2) is 8.11. The minimum Gasteiger partial charge on any atom is -0.491 e. The summed E-state index contributed by atoms with van der Waals surface area (Å²) in [4.78, 5) is 0. The largest absolute Gasteiger partial charge is 0.491 e. The molecule has 2 rings (SSSR count). The molecule has 0 saturated heterocycles. The van der Waals surface area contributed by atoms with Crippen molar-refractivity contribution in [2.24, 2.45) is 5.92 Å². The molecule has 0 saturated carbocycles. The Morgan fingerprint density at radius 3 is 2.68 bits per heavy atom. The number of rotatable bonds is 6. The van der Waals surface area contributed by atoms with Gasteiger partial charge in [0.25, 0.3) is 0 Å². The van der Waals surface area contributed by atoms with Crippen molar-refractivity contribution in [3.8, 4) is 5.75 Å². The molecule has 1 aliphatic carbocycles. The first-order valence-corrected chi connectivity index (χ1v) is 8.14. The van der Waals surface area contributed by atoms with E-state index in [1.54, 1.807) is 13.0 Å². The van der Waals surface area contributed by atoms with E-state index in [4.69, 9.17) is 4.74 Å². The third-order valence-electron chi connectivity index (χ3n) is 4.01. The lowest BCUT2D eigenvalue weighted by Gasteiger charge is -2.20. The summed E-state index contributed by atoms with van der Waals surface area (Å²) in [5.41, 5.74) is 1.27. The average molecular weight is 306 g/mol. The minimum absolute atomic E-state index is 0.0134. The average Bonchev–Trinajstić information content (AvgIpc) is 2.53. The molecule has 0 spiro atoms. The van der Waals surface area contributed by atoms with Crippen LogP contribution in [0.5, 0.6) is 5.75 Å². The molecule has 0 amide bonds. The highest BCUT2D eigenvalue weighted by Crippen LogP contribution is 2.34. The summed E-state index contributed by atoms with van der Waals surface area (Å²) < 4.78 is 33.2. The molecule has 0 fully saturated rings. The summed E-state index contributed by atoms with van der Waals surface area (Å²) >= 11 is 0. The van der Waals surface area contributed by atoms with Gasteiger partial charge in [-0.25, -0.2) is 4.39 Å². The normalized spacial score (nSPS) is 18.5. The van der Waals surface area contributed by atoms with E-state index in [1.165, 1.54) is 6.07 Å². The molecule has 1 nitrogen and oxygen atoms in total. The molecule has 1 unspecified atom stereocenters. The summed E-state index contributed by atoms with van der Waals surface area (Å²) in [6.45, 7) is 4.23. The van der Waals surface area contributed by atoms with Crippen LogP contribution in [0, 0.1) is 17.6 Å². The Kier molecular flexibility index (Phi) is 6.17. The van der Waals surface area contributed by atoms with Crippen LogP contribution in [0.2, 0.25) is 0 Å². The molecular formula is C19H24F2O. The summed E-state index contributed by atoms with van der Waals surface area (Å²) in [5, 5.41) is 0. The predicted molar refractivity (Wildman–Crippen MR) is 86.9 cm³/mol. The highest BCUT2D eigenvalue weighted by atomic mass is 19.2. The van der Waals surface area contributed by atoms with Crippen molar-refractivity contribution in [1.29, 1.82) is 0 Å². The number of hydrogen-bond donors (Lipinski definition) is 0. The molecule has 22 heavy (non-hydrogen) atoms. The Morgan fingerprint density at radius 2 is 2.05 bits per heavy atom. The molecule has 3 heteroatoms. The third-order valence-corrected chi connectivity index (χ3v) is 4.01. The standard InChI is InChI=1S/C19H24F2O/c1-3-5-6-7-14-8-10-15(11-9-14)16-12-13-17(22-4-2)19(21)18(16)20/h6-7,10,12-14H,3-5,8-9,11H2,1-2H3/b7-6+. The first-order valence-electron chi connectivity index (χ1n) is 8.14. The SMILES string of the molecule is CCC/C=C/C1CC=C(c2ccc(OCC)c(F)c2F)CC1. The second-order valence-electron chi connectivity index (χ2n) is 5.65. The maximum atomic E-state index is 14.2. The zero-order chi connectivity index (χ0) is 15.9. The molecule has 0 radical (unpaired) electrons. The van der Waals surface area contributed by atoms with Crippen LogP contribution in [0.25, 0.3) is 5.57 Å². The minimum atomic E-state index is -0.884. The van der Waals surface area contributed by atoms with Crippen molar-refractivity contribution in [2.45, 2.75) is 46.0 Å². The Labute approximate surface area is 131 Å². The van der Waals surface area contributed by atoms with Crippen molar-refractivity contribution < 1.29 is 13.5 Å². The lowest BCUT2D eigenvalue weighted by Crippen LogP contribution is -2.05. The van der Waals surface area contributed by atoms with E-state index in [9.17, 15) is 8.78 Å². The topological polar surface area (TPSA) is 9.23 Å². The smallest absolute Gasteiger partial charge is 0.201 e. The number of allylic oxidation sites excluding steroid dienone is 4. The maximum absolute atomic E-state index is 14.2. The van der Waals surface area contributed by atoms with Gasteiger partial charge >= 0.3 is 0 Å². The fraction of sp³-hybridized carbons (Fsp3) is 0.474. The maximum Gasteiger partial charge on any atom is 0.201 e. The van der Waals surface area contributed by atoms with Gasteiger partial charge in [-0.05, 0) is 56.2 Å². The molecule has 1 aromatic rings. The van der Waals surface area contributed by atoms with Gasteiger partial charge in [-0.2, -0.15) is 4.39 Å². The van der Waals surface area contributed by atoms with Gasteiger partial charge in [0.05, 0.1) is 6.61 Å². The monoisotopic (exact) mass is 306 g/mol. The van der Waals surface area contributed by atoms with Crippen molar-refractivity contribution in [2.75, 3.05) is 6.61 Å². The molecule has 1 atom stereocenters. The third kappa shape index (κ3) is 3.96. The van der Waals surface area contributed by atoms with Gasteiger partial charge in [0.1, 0.15) is 0 Å².